The molecule has 0 aliphatic heterocycles. The number of hydrogen-bond acceptors (Lipinski definition) is 3. The zero-order valence-electron chi connectivity index (χ0n) is 11.6. The van der Waals surface area contributed by atoms with Gasteiger partial charge in [-0.15, -0.1) is 0 Å². The summed E-state index contributed by atoms with van der Waals surface area (Å²) in [5.74, 6) is 0.225. The lowest BCUT2D eigenvalue weighted by Crippen LogP contribution is -2.22. The van der Waals surface area contributed by atoms with Crippen molar-refractivity contribution in [3.63, 3.8) is 0 Å². The van der Waals surface area contributed by atoms with E-state index in [0.29, 0.717) is 17.4 Å². The monoisotopic (exact) mass is 281 g/mol. The zero-order chi connectivity index (χ0) is 13.7. The van der Waals surface area contributed by atoms with Gasteiger partial charge in [0.2, 0.25) is 0 Å². The van der Waals surface area contributed by atoms with E-state index >= 15 is 0 Å². The van der Waals surface area contributed by atoms with E-state index in [-0.39, 0.29) is 5.75 Å². The number of benzene rings is 1. The standard InChI is InChI=1S/C15H23NO2S/c1-2-12-19(17,18)15-10-8-14(9-11-15)16-13-6-4-3-5-7-13/h8-11,13,16H,2-7,12H2,1H3. The van der Waals surface area contributed by atoms with Crippen LogP contribution >= 0.6 is 0 Å². The summed E-state index contributed by atoms with van der Waals surface area (Å²) in [5, 5.41) is 3.50. The fraction of sp³-hybridized carbons (Fsp3) is 0.600. The highest BCUT2D eigenvalue weighted by molar-refractivity contribution is 7.91. The van der Waals surface area contributed by atoms with Gasteiger partial charge in [0.15, 0.2) is 9.84 Å². The fourth-order valence-electron chi connectivity index (χ4n) is 2.63. The van der Waals surface area contributed by atoms with E-state index < -0.39 is 9.84 Å². The summed E-state index contributed by atoms with van der Waals surface area (Å²) in [4.78, 5) is 0.434. The summed E-state index contributed by atoms with van der Waals surface area (Å²) in [6.07, 6.45) is 7.02. The quantitative estimate of drug-likeness (QED) is 0.896. The zero-order valence-corrected chi connectivity index (χ0v) is 12.4. The molecule has 3 nitrogen and oxygen atoms in total. The van der Waals surface area contributed by atoms with E-state index in [9.17, 15) is 8.42 Å². The van der Waals surface area contributed by atoms with Crippen molar-refractivity contribution in [2.45, 2.75) is 56.4 Å². The molecule has 0 unspecified atom stereocenters. The Morgan fingerprint density at radius 2 is 1.74 bits per heavy atom. The molecule has 106 valence electrons. The molecule has 2 rings (SSSR count). The highest BCUT2D eigenvalue weighted by atomic mass is 32.2. The predicted molar refractivity (Wildman–Crippen MR) is 79.3 cm³/mol. The Morgan fingerprint density at radius 3 is 2.32 bits per heavy atom. The van der Waals surface area contributed by atoms with Crippen LogP contribution in [-0.4, -0.2) is 20.2 Å². The molecule has 1 aliphatic carbocycles. The summed E-state index contributed by atoms with van der Waals surface area (Å²) in [6, 6.07) is 7.76. The molecule has 0 saturated heterocycles. The molecule has 0 radical (unpaired) electrons. The first-order valence-electron chi connectivity index (χ1n) is 7.21. The van der Waals surface area contributed by atoms with Gasteiger partial charge in [-0.25, -0.2) is 8.42 Å². The Morgan fingerprint density at radius 1 is 1.11 bits per heavy atom. The van der Waals surface area contributed by atoms with Crippen LogP contribution in [0, 0.1) is 0 Å². The molecular weight excluding hydrogens is 258 g/mol. The lowest BCUT2D eigenvalue weighted by Gasteiger charge is -2.23. The lowest BCUT2D eigenvalue weighted by atomic mass is 9.95. The second-order valence-corrected chi connectivity index (χ2v) is 7.43. The Balaban J connectivity index is 2.01. The highest BCUT2D eigenvalue weighted by Gasteiger charge is 2.15. The van der Waals surface area contributed by atoms with Crippen molar-refractivity contribution < 1.29 is 8.42 Å². The van der Waals surface area contributed by atoms with Crippen LogP contribution in [-0.2, 0) is 9.84 Å². The second kappa shape index (κ2) is 6.42. The molecule has 4 heteroatoms. The molecule has 1 fully saturated rings. The molecule has 0 atom stereocenters. The van der Waals surface area contributed by atoms with Gasteiger partial charge in [-0.3, -0.25) is 0 Å². The number of nitrogens with one attached hydrogen (secondary N) is 1. The summed E-state index contributed by atoms with van der Waals surface area (Å²) in [6.45, 7) is 1.89. The smallest absolute Gasteiger partial charge is 0.178 e. The van der Waals surface area contributed by atoms with Crippen molar-refractivity contribution in [1.29, 1.82) is 0 Å². The van der Waals surface area contributed by atoms with Crippen LogP contribution in [0.2, 0.25) is 0 Å². The topological polar surface area (TPSA) is 46.2 Å². The molecule has 0 spiro atoms. The molecular formula is C15H23NO2S. The average Bonchev–Trinajstić information content (AvgIpc) is 2.40. The average molecular weight is 281 g/mol. The molecule has 0 amide bonds. The third-order valence-electron chi connectivity index (χ3n) is 3.66. The maximum Gasteiger partial charge on any atom is 0.178 e. The van der Waals surface area contributed by atoms with E-state index in [1.54, 1.807) is 12.1 Å². The minimum absolute atomic E-state index is 0.225. The Kier molecular flexibility index (Phi) is 4.86. The van der Waals surface area contributed by atoms with Crippen LogP contribution in [0.5, 0.6) is 0 Å². The van der Waals surface area contributed by atoms with E-state index in [1.165, 1.54) is 32.1 Å². The van der Waals surface area contributed by atoms with Gasteiger partial charge in [-0.1, -0.05) is 26.2 Å². The minimum atomic E-state index is -3.09. The second-order valence-electron chi connectivity index (χ2n) is 5.32. The van der Waals surface area contributed by atoms with Crippen molar-refractivity contribution in [1.82, 2.24) is 0 Å². The van der Waals surface area contributed by atoms with Gasteiger partial charge >= 0.3 is 0 Å². The van der Waals surface area contributed by atoms with E-state index in [0.717, 1.165) is 5.69 Å². The van der Waals surface area contributed by atoms with Gasteiger partial charge in [-0.05, 0) is 43.5 Å². The van der Waals surface area contributed by atoms with Gasteiger partial charge in [0.25, 0.3) is 0 Å². The summed E-state index contributed by atoms with van der Waals surface area (Å²) >= 11 is 0. The van der Waals surface area contributed by atoms with Crippen molar-refractivity contribution >= 4 is 15.5 Å². The van der Waals surface area contributed by atoms with Gasteiger partial charge in [0, 0.05) is 11.7 Å². The molecule has 0 heterocycles. The number of sulfone groups is 1. The molecule has 1 aliphatic rings. The van der Waals surface area contributed by atoms with Crippen molar-refractivity contribution in [2.24, 2.45) is 0 Å². The molecule has 0 aromatic heterocycles. The van der Waals surface area contributed by atoms with Crippen LogP contribution in [0.4, 0.5) is 5.69 Å². The van der Waals surface area contributed by atoms with Gasteiger partial charge in [0.05, 0.1) is 10.6 Å². The largest absolute Gasteiger partial charge is 0.382 e. The van der Waals surface area contributed by atoms with Crippen LogP contribution in [0.1, 0.15) is 45.4 Å². The first kappa shape index (κ1) is 14.4. The number of hydrogen-bond donors (Lipinski definition) is 1. The van der Waals surface area contributed by atoms with Crippen molar-refractivity contribution in [3.05, 3.63) is 24.3 Å². The SMILES string of the molecule is CCCS(=O)(=O)c1ccc(NC2CCCCC2)cc1. The highest BCUT2D eigenvalue weighted by Crippen LogP contribution is 2.22. The Bertz CT molecular complexity index is 487. The lowest BCUT2D eigenvalue weighted by molar-refractivity contribution is 0.463. The molecule has 1 saturated carbocycles. The molecule has 1 N–H and O–H groups in total. The van der Waals surface area contributed by atoms with Gasteiger partial charge < -0.3 is 5.32 Å². The number of anilines is 1. The van der Waals surface area contributed by atoms with Crippen LogP contribution in [0.25, 0.3) is 0 Å². The molecule has 1 aromatic rings. The third kappa shape index (κ3) is 3.96. The van der Waals surface area contributed by atoms with E-state index in [2.05, 4.69) is 5.32 Å². The van der Waals surface area contributed by atoms with Crippen LogP contribution in [0.15, 0.2) is 29.2 Å². The van der Waals surface area contributed by atoms with Crippen molar-refractivity contribution in [3.8, 4) is 0 Å². The third-order valence-corrected chi connectivity index (χ3v) is 5.60. The first-order chi connectivity index (χ1) is 9.12. The first-order valence-corrected chi connectivity index (χ1v) is 8.86. The maximum atomic E-state index is 11.9. The Hall–Kier alpha value is -1.03. The molecule has 19 heavy (non-hydrogen) atoms. The van der Waals surface area contributed by atoms with E-state index in [4.69, 9.17) is 0 Å². The summed E-state index contributed by atoms with van der Waals surface area (Å²) in [7, 11) is -3.09. The maximum absolute atomic E-state index is 11.9. The van der Waals surface area contributed by atoms with Crippen LogP contribution in [0.3, 0.4) is 0 Å². The Labute approximate surface area is 116 Å². The summed E-state index contributed by atoms with van der Waals surface area (Å²) < 4.78 is 23.8. The van der Waals surface area contributed by atoms with Gasteiger partial charge in [-0.2, -0.15) is 0 Å². The normalized spacial score (nSPS) is 17.3. The minimum Gasteiger partial charge on any atom is -0.382 e. The van der Waals surface area contributed by atoms with E-state index in [1.807, 2.05) is 19.1 Å². The van der Waals surface area contributed by atoms with Gasteiger partial charge in [0.1, 0.15) is 0 Å². The fourth-order valence-corrected chi connectivity index (χ4v) is 3.95. The molecule has 0 bridgehead atoms. The van der Waals surface area contributed by atoms with Crippen LogP contribution < -0.4 is 5.32 Å². The number of rotatable bonds is 5. The predicted octanol–water partition coefficient (Wildman–Crippen LogP) is 3.61. The summed E-state index contributed by atoms with van der Waals surface area (Å²) in [5.41, 5.74) is 1.03. The van der Waals surface area contributed by atoms with Crippen molar-refractivity contribution in [2.75, 3.05) is 11.1 Å². The molecule has 1 aromatic carbocycles.